The molecule has 0 aliphatic carbocycles. The zero-order chi connectivity index (χ0) is 10.8. The number of hydrogen-bond donors (Lipinski definition) is 1. The van der Waals surface area contributed by atoms with Crippen LogP contribution in [0, 0.1) is 0 Å². The van der Waals surface area contributed by atoms with Gasteiger partial charge in [-0.3, -0.25) is 4.79 Å². The molecule has 0 aliphatic heterocycles. The Labute approximate surface area is 85.1 Å². The van der Waals surface area contributed by atoms with Crippen LogP contribution in [0.3, 0.4) is 0 Å². The molecular formula is C8H10N6O. The van der Waals surface area contributed by atoms with Crippen LogP contribution in [-0.4, -0.2) is 24.8 Å². The zero-order valence-electron chi connectivity index (χ0n) is 8.16. The van der Waals surface area contributed by atoms with Crippen LogP contribution in [0.2, 0.25) is 0 Å². The molecule has 7 nitrogen and oxygen atoms in total. The second-order valence-corrected chi connectivity index (χ2v) is 3.16. The number of aromatic nitrogens is 5. The zero-order valence-corrected chi connectivity index (χ0v) is 8.16. The molecule has 0 radical (unpaired) electrons. The van der Waals surface area contributed by atoms with Crippen molar-refractivity contribution in [1.29, 1.82) is 0 Å². The molecule has 0 amide bonds. The Hall–Kier alpha value is -2.18. The van der Waals surface area contributed by atoms with Crippen molar-refractivity contribution >= 4 is 5.69 Å². The maximum Gasteiger partial charge on any atom is 0.204 e. The normalized spacial score (nSPS) is 10.5. The summed E-state index contributed by atoms with van der Waals surface area (Å²) in [5.74, 6) is 0.693. The number of nitrogens with two attached hydrogens (primary N) is 1. The van der Waals surface area contributed by atoms with Gasteiger partial charge in [-0.15, -0.1) is 5.10 Å². The van der Waals surface area contributed by atoms with Gasteiger partial charge in [-0.25, -0.2) is 4.68 Å². The summed E-state index contributed by atoms with van der Waals surface area (Å²) < 4.78 is 3.32. The first-order valence-corrected chi connectivity index (χ1v) is 4.33. The summed E-state index contributed by atoms with van der Waals surface area (Å²) in [7, 11) is 1.75. The molecule has 15 heavy (non-hydrogen) atoms. The van der Waals surface area contributed by atoms with Crippen molar-refractivity contribution in [3.8, 4) is 0 Å². The second-order valence-electron chi connectivity index (χ2n) is 3.16. The molecular weight excluding hydrogens is 196 g/mol. The molecule has 2 aromatic heterocycles. The number of hydrogen-bond acceptors (Lipinski definition) is 5. The van der Waals surface area contributed by atoms with Crippen molar-refractivity contribution < 1.29 is 0 Å². The monoisotopic (exact) mass is 206 g/mol. The minimum atomic E-state index is -0.178. The lowest BCUT2D eigenvalue weighted by atomic mass is 10.4. The van der Waals surface area contributed by atoms with Crippen LogP contribution in [0.25, 0.3) is 0 Å². The molecule has 0 spiro atoms. The average Bonchev–Trinajstić information content (AvgIpc) is 2.59. The highest BCUT2D eigenvalue weighted by molar-refractivity contribution is 5.33. The van der Waals surface area contributed by atoms with Crippen molar-refractivity contribution in [3.05, 3.63) is 34.5 Å². The number of nitrogens with zero attached hydrogens (tertiary/aromatic N) is 5. The van der Waals surface area contributed by atoms with Crippen LogP contribution in [0.4, 0.5) is 5.69 Å². The van der Waals surface area contributed by atoms with E-state index in [4.69, 9.17) is 5.73 Å². The minimum absolute atomic E-state index is 0.178. The van der Waals surface area contributed by atoms with Gasteiger partial charge < -0.3 is 10.3 Å². The lowest BCUT2D eigenvalue weighted by Gasteiger charge is -2.04. The summed E-state index contributed by atoms with van der Waals surface area (Å²) in [6.07, 6.45) is 3.21. The molecule has 0 saturated heterocycles. The van der Waals surface area contributed by atoms with E-state index in [0.717, 1.165) is 0 Å². The molecule has 7 heteroatoms. The Morgan fingerprint density at radius 3 is 2.93 bits per heavy atom. The number of tetrazole rings is 1. The number of rotatable bonds is 2. The van der Waals surface area contributed by atoms with Crippen molar-refractivity contribution in [2.75, 3.05) is 5.73 Å². The van der Waals surface area contributed by atoms with E-state index in [2.05, 4.69) is 15.5 Å². The maximum atomic E-state index is 11.1. The topological polar surface area (TPSA) is 91.6 Å². The van der Waals surface area contributed by atoms with Crippen molar-refractivity contribution in [2.45, 2.75) is 6.54 Å². The lowest BCUT2D eigenvalue weighted by Crippen LogP contribution is -2.13. The summed E-state index contributed by atoms with van der Waals surface area (Å²) in [5, 5.41) is 11.0. The van der Waals surface area contributed by atoms with Crippen molar-refractivity contribution in [2.24, 2.45) is 7.05 Å². The first-order valence-electron chi connectivity index (χ1n) is 4.33. The fraction of sp³-hybridized carbons (Fsp3) is 0.250. The Balaban J connectivity index is 2.29. The predicted octanol–water partition coefficient (Wildman–Crippen LogP) is -0.998. The number of anilines is 1. The van der Waals surface area contributed by atoms with E-state index in [1.807, 2.05) is 0 Å². The SMILES string of the molecule is Cn1nnnc1Cn1ccc(=O)c(N)c1. The molecule has 0 unspecified atom stereocenters. The van der Waals surface area contributed by atoms with Gasteiger partial charge in [0.1, 0.15) is 0 Å². The van der Waals surface area contributed by atoms with Gasteiger partial charge in [-0.1, -0.05) is 0 Å². The Kier molecular flexibility index (Phi) is 2.20. The summed E-state index contributed by atoms with van der Waals surface area (Å²) in [6.45, 7) is 0.480. The van der Waals surface area contributed by atoms with Gasteiger partial charge in [0.05, 0.1) is 12.2 Å². The predicted molar refractivity (Wildman–Crippen MR) is 53.0 cm³/mol. The van der Waals surface area contributed by atoms with Crippen molar-refractivity contribution in [1.82, 2.24) is 24.8 Å². The summed E-state index contributed by atoms with van der Waals surface area (Å²) in [4.78, 5) is 11.1. The summed E-state index contributed by atoms with van der Waals surface area (Å²) >= 11 is 0. The quantitative estimate of drug-likeness (QED) is 0.680. The summed E-state index contributed by atoms with van der Waals surface area (Å²) in [6, 6.07) is 1.42. The molecule has 2 heterocycles. The fourth-order valence-electron chi connectivity index (χ4n) is 1.19. The number of pyridine rings is 1. The van der Waals surface area contributed by atoms with E-state index in [9.17, 15) is 4.79 Å². The summed E-state index contributed by atoms with van der Waals surface area (Å²) in [5.41, 5.74) is 5.53. The van der Waals surface area contributed by atoms with Gasteiger partial charge in [0.15, 0.2) is 5.82 Å². The van der Waals surface area contributed by atoms with E-state index in [0.29, 0.717) is 12.4 Å². The molecule has 78 valence electrons. The molecule has 0 aromatic carbocycles. The van der Waals surface area contributed by atoms with Gasteiger partial charge in [0.2, 0.25) is 5.43 Å². The third kappa shape index (κ3) is 1.85. The highest BCUT2D eigenvalue weighted by atomic mass is 16.1. The van der Waals surface area contributed by atoms with Gasteiger partial charge >= 0.3 is 0 Å². The Morgan fingerprint density at radius 1 is 1.53 bits per heavy atom. The standard InChI is InChI=1S/C8H10N6O/c1-13-8(10-11-12-13)5-14-3-2-7(15)6(9)4-14/h2-4H,5,9H2,1H3. The van der Waals surface area contributed by atoms with E-state index in [-0.39, 0.29) is 11.1 Å². The van der Waals surface area contributed by atoms with E-state index >= 15 is 0 Å². The number of nitrogen functional groups attached to an aromatic ring is 1. The van der Waals surface area contributed by atoms with Crippen LogP contribution in [0.1, 0.15) is 5.82 Å². The Bertz CT molecular complexity index is 528. The molecule has 2 aromatic rings. The van der Waals surface area contributed by atoms with Gasteiger partial charge in [-0.2, -0.15) is 0 Å². The first-order chi connectivity index (χ1) is 7.16. The molecule has 0 bridgehead atoms. The van der Waals surface area contributed by atoms with Gasteiger partial charge in [0, 0.05) is 25.5 Å². The second kappa shape index (κ2) is 3.52. The van der Waals surface area contributed by atoms with Gasteiger partial charge in [-0.05, 0) is 10.4 Å². The third-order valence-electron chi connectivity index (χ3n) is 2.04. The smallest absolute Gasteiger partial charge is 0.204 e. The third-order valence-corrected chi connectivity index (χ3v) is 2.04. The van der Waals surface area contributed by atoms with Crippen molar-refractivity contribution in [3.63, 3.8) is 0 Å². The van der Waals surface area contributed by atoms with E-state index in [1.165, 1.54) is 6.07 Å². The van der Waals surface area contributed by atoms with Crippen LogP contribution in [0.15, 0.2) is 23.3 Å². The highest BCUT2D eigenvalue weighted by Crippen LogP contribution is 1.97. The molecule has 0 fully saturated rings. The minimum Gasteiger partial charge on any atom is -0.394 e. The number of aryl methyl sites for hydroxylation is 1. The molecule has 0 atom stereocenters. The molecule has 0 aliphatic rings. The van der Waals surface area contributed by atoms with E-state index < -0.39 is 0 Å². The van der Waals surface area contributed by atoms with Gasteiger partial charge in [0.25, 0.3) is 0 Å². The molecule has 2 N–H and O–H groups in total. The van der Waals surface area contributed by atoms with E-state index in [1.54, 1.807) is 28.7 Å². The van der Waals surface area contributed by atoms with Crippen LogP contribution >= 0.6 is 0 Å². The maximum absolute atomic E-state index is 11.1. The van der Waals surface area contributed by atoms with Crippen LogP contribution in [0.5, 0.6) is 0 Å². The average molecular weight is 206 g/mol. The largest absolute Gasteiger partial charge is 0.394 e. The Morgan fingerprint density at radius 2 is 2.33 bits per heavy atom. The van der Waals surface area contributed by atoms with Crippen LogP contribution < -0.4 is 11.2 Å². The van der Waals surface area contributed by atoms with Crippen LogP contribution in [-0.2, 0) is 13.6 Å². The highest BCUT2D eigenvalue weighted by Gasteiger charge is 2.02. The molecule has 2 rings (SSSR count). The first kappa shape index (κ1) is 9.38. The fourth-order valence-corrected chi connectivity index (χ4v) is 1.19. The molecule has 0 saturated carbocycles. The lowest BCUT2D eigenvalue weighted by molar-refractivity contribution is 0.643.